The highest BCUT2D eigenvalue weighted by Crippen LogP contribution is 2.49. The summed E-state index contributed by atoms with van der Waals surface area (Å²) in [5.41, 5.74) is 5.92. The van der Waals surface area contributed by atoms with Crippen LogP contribution in [0.4, 0.5) is 16.2 Å². The van der Waals surface area contributed by atoms with Crippen molar-refractivity contribution >= 4 is 85.6 Å². The van der Waals surface area contributed by atoms with E-state index < -0.39 is 82.8 Å². The lowest BCUT2D eigenvalue weighted by Crippen LogP contribution is -2.45. The number of urea groups is 1. The third-order valence-electron chi connectivity index (χ3n) is 18.5. The minimum atomic E-state index is -2.07. The molecule has 0 aliphatic carbocycles. The molecule has 1 unspecified atom stereocenters. The Labute approximate surface area is 560 Å². The number of amides is 5. The van der Waals surface area contributed by atoms with Crippen molar-refractivity contribution in [3.8, 4) is 17.2 Å². The summed E-state index contributed by atoms with van der Waals surface area (Å²) >= 11 is 0. The van der Waals surface area contributed by atoms with Gasteiger partial charge >= 0.3 is 17.8 Å². The van der Waals surface area contributed by atoms with Gasteiger partial charge in [0.25, 0.3) is 11.7 Å². The lowest BCUT2D eigenvalue weighted by molar-refractivity contribution is -0.903. The number of ether oxygens (including phenoxy) is 6. The van der Waals surface area contributed by atoms with Crippen LogP contribution < -0.4 is 41.9 Å². The van der Waals surface area contributed by atoms with E-state index in [1.54, 1.807) is 61.6 Å². The number of carbonyl (C=O) groups is 7. The van der Waals surface area contributed by atoms with Crippen molar-refractivity contribution in [3.05, 3.63) is 106 Å². The summed E-state index contributed by atoms with van der Waals surface area (Å²) in [5, 5.41) is 34.7. The number of fused-ring (bicyclic) bond motifs is 5. The Balaban J connectivity index is 1.15. The van der Waals surface area contributed by atoms with Crippen LogP contribution in [0, 0.1) is 48.3 Å². The maximum absolute atomic E-state index is 15.0. The Bertz CT molecular complexity index is 3860. The number of hydrogen-bond donors (Lipinski definition) is 7. The molecule has 520 valence electrons. The number of rotatable bonds is 23. The second-order valence-corrected chi connectivity index (χ2v) is 26.6. The van der Waals surface area contributed by atoms with E-state index in [0.717, 1.165) is 5.56 Å². The van der Waals surface area contributed by atoms with Crippen LogP contribution >= 0.6 is 0 Å². The Morgan fingerprint density at radius 1 is 0.927 bits per heavy atom. The fourth-order valence-electron chi connectivity index (χ4n) is 12.4. The number of nitrogens with zero attached hydrogens (tertiary/aromatic N) is 2. The summed E-state index contributed by atoms with van der Waals surface area (Å²) in [5.74, 6) is -8.06. The molecule has 0 saturated carbocycles. The number of aliphatic hydroxyl groups is 1. The molecule has 0 fully saturated rings. The standard InChI is InChI=1S/C72H95N7O17/c1-16-91-32-29-55(82)77-59(38(2)3)52(81)35-48(21-18-30-74-71(73)89)70(88)75-49-24-22-47(23-25-49)37-79(13,14)31-34-92-50-26-27-51-54(36-50)95-67-60(76-51)56-57-63(84)45(10)66-58(56)68(86)72(12,96-66)93-33-28-53(90-15)44(9)65(94-46(11)80)43(8)41(6)42(7)62(83)39(4)19-17-20-40(5)69(87)78-61(67)64(57)85/h17,19-20,22-28,33,36,38-39,41-44,48,53,59,62,65,83H,16,18,21,29-32,34-35,37H2,1-15H3,(H6-,73,74,75,76,77,78,82,84,85,86,87,88,89)/p+1/b19-17+,33-28+,40-20-/t39-,41+,42-,43+,44+,48+,53-,59-,62-,65?,72-/m0/s1. The Hall–Kier alpha value is -8.71. The number of allylic oxidation sites excluding steroid dienone is 2. The molecule has 24 heteroatoms. The summed E-state index contributed by atoms with van der Waals surface area (Å²) < 4.78 is 43.1. The van der Waals surface area contributed by atoms with E-state index in [4.69, 9.17) is 43.6 Å². The smallest absolute Gasteiger partial charge is 0.312 e. The van der Waals surface area contributed by atoms with Gasteiger partial charge in [0, 0.05) is 98.5 Å². The van der Waals surface area contributed by atoms with E-state index in [0.29, 0.717) is 42.0 Å². The highest BCUT2D eigenvalue weighted by atomic mass is 16.7. The molecule has 0 saturated heterocycles. The third-order valence-corrected chi connectivity index (χ3v) is 18.5. The zero-order chi connectivity index (χ0) is 70.7. The summed E-state index contributed by atoms with van der Waals surface area (Å²) in [6.07, 6.45) is 6.12. The molecular weight excluding hydrogens is 1230 g/mol. The Kier molecular flexibility index (Phi) is 25.2. The van der Waals surface area contributed by atoms with Gasteiger partial charge in [0.2, 0.25) is 11.8 Å². The quantitative estimate of drug-likeness (QED) is 0.00799. The summed E-state index contributed by atoms with van der Waals surface area (Å²) in [6, 6.07) is 10.8. The number of anilines is 2. The van der Waals surface area contributed by atoms with E-state index in [1.165, 1.54) is 34.1 Å². The number of primary amides is 1. The molecule has 96 heavy (non-hydrogen) atoms. The largest absolute Gasteiger partial charge is 0.505 e. The molecule has 3 heterocycles. The third kappa shape index (κ3) is 17.8. The van der Waals surface area contributed by atoms with Crippen LogP contribution in [0.25, 0.3) is 33.0 Å². The molecule has 24 nitrogen and oxygen atoms in total. The van der Waals surface area contributed by atoms with Crippen LogP contribution in [0.1, 0.15) is 123 Å². The number of quaternary nitrogens is 1. The van der Waals surface area contributed by atoms with E-state index in [2.05, 4.69) is 21.3 Å². The van der Waals surface area contributed by atoms with Crippen molar-refractivity contribution in [2.45, 2.75) is 145 Å². The molecule has 2 aliphatic rings. The minimum absolute atomic E-state index is 0.0283. The van der Waals surface area contributed by atoms with Crippen molar-refractivity contribution in [3.63, 3.8) is 0 Å². The van der Waals surface area contributed by atoms with Crippen LogP contribution in [0.2, 0.25) is 0 Å². The van der Waals surface area contributed by atoms with Gasteiger partial charge < -0.3 is 74.5 Å². The van der Waals surface area contributed by atoms with Crippen LogP contribution in [0.3, 0.4) is 0 Å². The van der Waals surface area contributed by atoms with Gasteiger partial charge in [-0.2, -0.15) is 0 Å². The molecule has 0 spiro atoms. The number of phenolic OH excluding ortho intramolecular Hbond substituents is 1. The molecule has 5 bridgehead atoms. The van der Waals surface area contributed by atoms with Gasteiger partial charge in [0.1, 0.15) is 54.0 Å². The SMILES string of the molecule is CCOCCC(=O)N[C@H](C(=O)C[C@@H](CCCNC(N)=O)C(=O)Nc1ccc(C[N+](C)(C)CCOc2ccc3nc4c(oc3c2)c2c(O)c3c(=O)c(C)c5c(c34)C(=O)[C@@](C)(O/C=C/[C@H](OC)[C@@H](C)C(OC(C)=O)[C@H](C)[C@H](C)[C@H](C)[C@@H](O)[C@@H](C)/C=C/C=C(/C)C(=O)N2)O5)cc1)C(C)C. The fraction of sp³-hybridized carbons (Fsp3) is 0.514. The van der Waals surface area contributed by atoms with Crippen molar-refractivity contribution in [2.75, 3.05) is 64.7 Å². The first kappa shape index (κ1) is 74.7. The van der Waals surface area contributed by atoms with E-state index in [-0.39, 0.29) is 141 Å². The van der Waals surface area contributed by atoms with E-state index in [1.807, 2.05) is 81.6 Å². The summed E-state index contributed by atoms with van der Waals surface area (Å²) in [4.78, 5) is 113. The summed E-state index contributed by atoms with van der Waals surface area (Å²) in [6.45, 7) is 23.0. The number of aromatic nitrogens is 1. The maximum Gasteiger partial charge on any atom is 0.312 e. The van der Waals surface area contributed by atoms with Gasteiger partial charge in [-0.15, -0.1) is 0 Å². The van der Waals surface area contributed by atoms with Gasteiger partial charge in [-0.25, -0.2) is 9.78 Å². The predicted molar refractivity (Wildman–Crippen MR) is 364 cm³/mol. The highest BCUT2D eigenvalue weighted by Gasteiger charge is 2.50. The lowest BCUT2D eigenvalue weighted by atomic mass is 9.73. The predicted octanol–water partition coefficient (Wildman–Crippen LogP) is 9.46. The zero-order valence-corrected chi connectivity index (χ0v) is 57.8. The van der Waals surface area contributed by atoms with Gasteiger partial charge in [-0.3, -0.25) is 33.6 Å². The number of esters is 1. The van der Waals surface area contributed by atoms with Crippen LogP contribution in [-0.4, -0.2) is 145 Å². The number of nitrogens with one attached hydrogen (secondary N) is 4. The van der Waals surface area contributed by atoms with Crippen molar-refractivity contribution in [1.29, 1.82) is 0 Å². The van der Waals surface area contributed by atoms with Crippen molar-refractivity contribution in [2.24, 2.45) is 47.2 Å². The number of Topliss-reactive ketones (excluding diaryl/α,β-unsaturated/α-hetero) is 2. The molecule has 5 aromatic rings. The monoisotopic (exact) mass is 1330 g/mol. The normalized spacial score (nSPS) is 23.7. The molecule has 7 rings (SSSR count). The topological polar surface area (TPSA) is 333 Å². The first-order valence-corrected chi connectivity index (χ1v) is 32.8. The number of carbonyl (C=O) groups excluding carboxylic acids is 7. The number of ketones is 2. The van der Waals surface area contributed by atoms with Crippen LogP contribution in [-0.2, 0) is 49.5 Å². The average molecular weight is 1330 g/mol. The average Bonchev–Trinajstić information content (AvgIpc) is 1.39. The number of aromatic hydroxyl groups is 1. The zero-order valence-electron chi connectivity index (χ0n) is 57.8. The number of benzene rings is 4. The van der Waals surface area contributed by atoms with E-state index >= 15 is 4.79 Å². The lowest BCUT2D eigenvalue weighted by Gasteiger charge is -2.39. The van der Waals surface area contributed by atoms with Gasteiger partial charge in [0.05, 0.1) is 56.2 Å². The van der Waals surface area contributed by atoms with Gasteiger partial charge in [0.15, 0.2) is 28.1 Å². The summed E-state index contributed by atoms with van der Waals surface area (Å²) in [7, 11) is 5.56. The molecule has 11 atom stereocenters. The number of hydrogen-bond acceptors (Lipinski definition) is 18. The number of nitrogens with two attached hydrogens (primary N) is 1. The first-order valence-electron chi connectivity index (χ1n) is 32.8. The minimum Gasteiger partial charge on any atom is -0.505 e. The molecule has 2 aliphatic heterocycles. The number of phenols is 1. The maximum atomic E-state index is 15.0. The van der Waals surface area contributed by atoms with Crippen LogP contribution in [0.15, 0.2) is 87.8 Å². The second-order valence-electron chi connectivity index (χ2n) is 26.6. The molecule has 1 aromatic heterocycles. The van der Waals surface area contributed by atoms with Crippen LogP contribution in [0.5, 0.6) is 17.2 Å². The van der Waals surface area contributed by atoms with E-state index in [9.17, 15) is 43.8 Å². The highest BCUT2D eigenvalue weighted by molar-refractivity contribution is 6.26. The van der Waals surface area contributed by atoms with Gasteiger partial charge in [-0.1, -0.05) is 78.8 Å². The number of likely N-dealkylation sites (N-methyl/N-ethyl adjacent to an activating group) is 1. The fourth-order valence-corrected chi connectivity index (χ4v) is 12.4. The van der Waals surface area contributed by atoms with Crippen molar-refractivity contribution < 1.29 is 81.1 Å². The molecule has 8 N–H and O–H groups in total. The number of aliphatic hydroxyl groups excluding tert-OH is 1. The van der Waals surface area contributed by atoms with Gasteiger partial charge in [-0.05, 0) is 87.6 Å². The molecule has 4 aromatic carbocycles. The Morgan fingerprint density at radius 2 is 1.64 bits per heavy atom. The molecular formula is C72H96N7O17+. The van der Waals surface area contributed by atoms with Crippen molar-refractivity contribution in [1.82, 2.24) is 15.6 Å². The second kappa shape index (κ2) is 32.4. The first-order chi connectivity index (χ1) is 45.3. The Morgan fingerprint density at radius 3 is 2.29 bits per heavy atom. The molecule has 0 radical (unpaired) electrons. The molecule has 5 amide bonds. The number of methoxy groups -OCH3 is 1.